The van der Waals surface area contributed by atoms with Crippen LogP contribution >= 0.6 is 34.8 Å². The molecule has 8 aliphatic rings. The van der Waals surface area contributed by atoms with Gasteiger partial charge in [-0.15, -0.1) is 0 Å². The van der Waals surface area contributed by atoms with E-state index in [1.807, 2.05) is 50.2 Å². The molecule has 7 aromatic carbocycles. The SMILES string of the molecule is CN[C@H](CC(C)C)C(=O)N[C@H]1C(=O)N[C@@H](CC(N)=O)C(=O)N[C@H]2C(=O)N[C@H]3C(=O)N[C@H](C(=O)N[C@H](C(=O)O)c4cc(O)cc(O)c4-c4cc3ccc4O)[C@H](O[C@H]3C[C@](C)(N)[C@@H](O)[C@H](C)O3)c3ccc(c(Cl)c3)Oc3cc2cc(c3O[C@@H]2O[C@H](CO)[C@H](O)[C@H](O)[C@H]2O[C@H]2C[C@](C)(NCc3ccc(-c4ccc(Cl)cc4)cc3)[C@@H](O)[C@H](C)O2)Oc2ccc(cc2Cl)[C@H]1O. The maximum absolute atomic E-state index is 16.6. The lowest BCUT2D eigenvalue weighted by molar-refractivity contribution is -0.334. The number of carbonyl (C=O) groups is 8. The number of carboxylic acids is 1. The minimum atomic E-state index is -2.40. The molecule has 125 heavy (non-hydrogen) atoms. The van der Waals surface area contributed by atoms with Crippen LogP contribution in [0.25, 0.3) is 22.3 Å². The summed E-state index contributed by atoms with van der Waals surface area (Å²) in [6, 6.07) is 14.5. The monoisotopic (exact) mass is 1790 g/mol. The zero-order chi connectivity index (χ0) is 90.3. The first-order chi connectivity index (χ1) is 59.2. The van der Waals surface area contributed by atoms with Crippen LogP contribution in [0.15, 0.2) is 127 Å². The highest BCUT2D eigenvalue weighted by Gasteiger charge is 2.53. The molecule has 668 valence electrons. The van der Waals surface area contributed by atoms with E-state index in [2.05, 4.69) is 42.5 Å². The molecule has 8 heterocycles. The summed E-state index contributed by atoms with van der Waals surface area (Å²) in [5.41, 5.74) is 9.60. The molecular weight excluding hydrogens is 1700 g/mol. The summed E-state index contributed by atoms with van der Waals surface area (Å²) in [6.07, 6.45) is -23.0. The minimum absolute atomic E-state index is 0.119. The number of phenolic OH excluding ortho intramolecular Hbond substituents is 3. The zero-order valence-corrected chi connectivity index (χ0v) is 70.6. The van der Waals surface area contributed by atoms with E-state index in [9.17, 15) is 65.4 Å². The van der Waals surface area contributed by atoms with Crippen LogP contribution in [0.2, 0.25) is 15.1 Å². The van der Waals surface area contributed by atoms with E-state index in [-0.39, 0.29) is 59.2 Å². The van der Waals surface area contributed by atoms with Gasteiger partial charge < -0.3 is 143 Å². The van der Waals surface area contributed by atoms with E-state index >= 15 is 24.0 Å². The smallest absolute Gasteiger partial charge is 0.330 e. The van der Waals surface area contributed by atoms with Crippen molar-refractivity contribution in [1.82, 2.24) is 42.5 Å². The first-order valence-corrected chi connectivity index (χ1v) is 41.2. The van der Waals surface area contributed by atoms with E-state index in [0.717, 1.165) is 65.2 Å². The van der Waals surface area contributed by atoms with Crippen LogP contribution in [0.3, 0.4) is 0 Å². The van der Waals surface area contributed by atoms with Crippen LogP contribution in [-0.4, -0.2) is 215 Å². The number of aliphatic hydroxyl groups is 6. The Kier molecular flexibility index (Phi) is 27.9. The standard InChI is InChI=1S/C86H97Cl3N10O26/c1-35(2)22-51(92-7)77(110)98-67-69(105)42-15-20-55(49(88)24-42)120-57-26-44-27-58(73(57)125-84-74(71(107)70(106)59(34-100)122-84)124-62-32-86(6,76(109)37(4)119-62)93-33-38-8-10-39(11-9-38)40-12-17-45(87)18-13-40)121-56-21-16-43(25-50(56)89)72(123-61-31-85(5,91)75(108)36(3)118-61)68-82(115)97-66(83(116)117)48-28-46(101)29-54(103)63(48)47-23-41(14-19-53(47)102)64(79(112)99-68)96-80(113)65(44)95-78(111)52(30-60(90)104)94-81(67)114/h8-21,23-29,35-37,51-52,59,61-62,64-72,74-76,84,92-93,100-103,105-109H,22,30-34,91H2,1-7H3,(H2,90,104)(H,94,114)(H,95,111)(H,96,113)(H,97,115)(H,98,110)(H,99,112)(H,116,117)/t36-,37-,51+,52-,59+,61-,62-,64+,65+,66-,67+,68-,69+,70-,71-,72+,74+,75-,76-,84-,85-,86-/m0/s1. The molecule has 3 saturated heterocycles. The second-order valence-electron chi connectivity index (χ2n) is 32.7. The number of hydrogen-bond acceptors (Lipinski definition) is 28. The van der Waals surface area contributed by atoms with Gasteiger partial charge in [-0.3, -0.25) is 33.6 Å². The third-order valence-corrected chi connectivity index (χ3v) is 23.8. The van der Waals surface area contributed by atoms with Gasteiger partial charge in [-0.05, 0) is 153 Å². The fourth-order valence-electron chi connectivity index (χ4n) is 16.2. The van der Waals surface area contributed by atoms with Crippen molar-refractivity contribution in [1.29, 1.82) is 0 Å². The van der Waals surface area contributed by atoms with Gasteiger partial charge in [0.1, 0.15) is 89.5 Å². The van der Waals surface area contributed by atoms with Gasteiger partial charge in [0.05, 0.1) is 53.5 Å². The van der Waals surface area contributed by atoms with E-state index in [1.165, 1.54) is 51.2 Å². The Balaban J connectivity index is 1.02. The Labute approximate surface area is 730 Å². The molecule has 7 amide bonds. The summed E-state index contributed by atoms with van der Waals surface area (Å²) in [4.78, 5) is 121. The topological polar surface area (TPSA) is 561 Å². The molecular formula is C86H97Cl3N10O26. The number of ether oxygens (including phenoxy) is 8. The lowest BCUT2D eigenvalue weighted by Gasteiger charge is -2.48. The number of rotatable bonds is 19. The highest BCUT2D eigenvalue weighted by molar-refractivity contribution is 6.32. The molecule has 7 aromatic rings. The Morgan fingerprint density at radius 1 is 0.632 bits per heavy atom. The van der Waals surface area contributed by atoms with E-state index in [0.29, 0.717) is 5.02 Å². The Morgan fingerprint density at radius 2 is 1.22 bits per heavy atom. The van der Waals surface area contributed by atoms with Crippen molar-refractivity contribution in [3.8, 4) is 68.2 Å². The normalized spacial score (nSPS) is 29.7. The first kappa shape index (κ1) is 92.1. The molecule has 0 spiro atoms. The van der Waals surface area contributed by atoms with Gasteiger partial charge in [-0.2, -0.15) is 0 Å². The average Bonchev–Trinajstić information content (AvgIpc) is 0.762. The molecule has 0 radical (unpaired) electrons. The second-order valence-corrected chi connectivity index (χ2v) is 34.0. The number of aliphatic carboxylic acids is 1. The van der Waals surface area contributed by atoms with Crippen LogP contribution < -0.4 is 68.2 Å². The number of primary amides is 1. The first-order valence-electron chi connectivity index (χ1n) is 40.1. The minimum Gasteiger partial charge on any atom is -0.508 e. The Hall–Kier alpha value is -10.6. The predicted octanol–water partition coefficient (Wildman–Crippen LogP) is 4.50. The maximum Gasteiger partial charge on any atom is 0.330 e. The van der Waals surface area contributed by atoms with E-state index < -0.39 is 261 Å². The van der Waals surface area contributed by atoms with Gasteiger partial charge >= 0.3 is 5.97 Å². The van der Waals surface area contributed by atoms with Gasteiger partial charge in [0.15, 0.2) is 36.2 Å². The van der Waals surface area contributed by atoms with Crippen LogP contribution in [-0.2, 0) is 68.6 Å². The van der Waals surface area contributed by atoms with Crippen molar-refractivity contribution in [3.05, 3.63) is 176 Å². The van der Waals surface area contributed by atoms with Crippen LogP contribution in [0.5, 0.6) is 46.0 Å². The number of aliphatic hydroxyl groups excluding tert-OH is 6. The number of halogens is 3. The van der Waals surface area contributed by atoms with Gasteiger partial charge in [-0.25, -0.2) is 4.79 Å². The number of amides is 7. The molecule has 0 unspecified atom stereocenters. The Morgan fingerprint density at radius 3 is 1.83 bits per heavy atom. The molecule has 3 fully saturated rings. The summed E-state index contributed by atoms with van der Waals surface area (Å²) in [5, 5.41) is 138. The summed E-state index contributed by atoms with van der Waals surface area (Å²) in [6.45, 7) is 9.06. The van der Waals surface area contributed by atoms with Crippen molar-refractivity contribution in [2.45, 2.75) is 207 Å². The fraction of sp³-hybridized carbons (Fsp3) is 0.419. The molecule has 0 aromatic heterocycles. The maximum atomic E-state index is 16.6. The number of nitrogens with two attached hydrogens (primary N) is 2. The molecule has 0 aliphatic carbocycles. The van der Waals surface area contributed by atoms with Crippen molar-refractivity contribution >= 4 is 82.1 Å². The van der Waals surface area contributed by atoms with Crippen molar-refractivity contribution < 1.29 is 127 Å². The Bertz CT molecular complexity index is 5250. The molecule has 11 bridgehead atoms. The van der Waals surface area contributed by atoms with E-state index in [1.54, 1.807) is 26.0 Å². The quantitative estimate of drug-likeness (QED) is 0.0530. The summed E-state index contributed by atoms with van der Waals surface area (Å²) in [5.74, 6) is -16.1. The number of phenols is 3. The lowest BCUT2D eigenvalue weighted by atomic mass is 9.84. The van der Waals surface area contributed by atoms with Gasteiger partial charge in [0.2, 0.25) is 53.4 Å². The van der Waals surface area contributed by atoms with Crippen LogP contribution in [0, 0.1) is 5.92 Å². The summed E-state index contributed by atoms with van der Waals surface area (Å²) < 4.78 is 52.9. The lowest BCUT2D eigenvalue weighted by Crippen LogP contribution is -2.65. The van der Waals surface area contributed by atoms with Crippen LogP contribution in [0.4, 0.5) is 0 Å². The predicted molar refractivity (Wildman–Crippen MR) is 445 cm³/mol. The van der Waals surface area contributed by atoms with Gasteiger partial charge in [-0.1, -0.05) is 103 Å². The summed E-state index contributed by atoms with van der Waals surface area (Å²) >= 11 is 20.8. The molecule has 22 atom stereocenters. The largest absolute Gasteiger partial charge is 0.508 e. The molecule has 0 saturated carbocycles. The number of likely N-dealkylation sites (N-methyl/N-ethyl adjacent to an activating group) is 1. The average molecular weight is 1790 g/mol. The number of benzene rings is 7. The van der Waals surface area contributed by atoms with Gasteiger partial charge in [0, 0.05) is 58.2 Å². The molecule has 8 aliphatic heterocycles. The highest BCUT2D eigenvalue weighted by atomic mass is 35.5. The third-order valence-electron chi connectivity index (χ3n) is 22.9. The van der Waals surface area contributed by atoms with Gasteiger partial charge in [0.25, 0.3) is 0 Å². The van der Waals surface area contributed by atoms with Crippen molar-refractivity contribution in [2.75, 3.05) is 13.7 Å². The number of fused-ring (bicyclic) bond motifs is 15. The number of carbonyl (C=O) groups excluding carboxylic acids is 7. The number of aromatic hydroxyl groups is 3. The highest BCUT2D eigenvalue weighted by Crippen LogP contribution is 2.51. The number of nitrogens with one attached hydrogen (secondary N) is 8. The number of carboxylic acid groups (broad SMARTS) is 1. The number of hydrogen-bond donors (Lipinski definition) is 20. The third kappa shape index (κ3) is 20.1. The van der Waals surface area contributed by atoms with Crippen molar-refractivity contribution in [3.63, 3.8) is 0 Å². The molecule has 22 N–H and O–H groups in total. The molecule has 39 heteroatoms. The zero-order valence-electron chi connectivity index (χ0n) is 68.3. The molecule has 15 rings (SSSR count). The van der Waals surface area contributed by atoms with Crippen molar-refractivity contribution in [2.24, 2.45) is 17.4 Å². The molecule has 36 nitrogen and oxygen atoms in total. The van der Waals surface area contributed by atoms with E-state index in [4.69, 9.17) is 84.2 Å². The second kappa shape index (κ2) is 37.9. The fourth-order valence-corrected chi connectivity index (χ4v) is 16.7. The van der Waals surface area contributed by atoms with Crippen LogP contribution in [0.1, 0.15) is 131 Å². The summed E-state index contributed by atoms with van der Waals surface area (Å²) in [7, 11) is 1.48.